The molecule has 1 rings (SSSR count). The fraction of sp³-hybridized carbons (Fsp3) is 0.455. The summed E-state index contributed by atoms with van der Waals surface area (Å²) in [5.74, 6) is -0.822. The number of hydrogen-bond donors (Lipinski definition) is 1. The van der Waals surface area contributed by atoms with E-state index in [-0.39, 0.29) is 12.3 Å². The Bertz CT molecular complexity index is 502. The van der Waals surface area contributed by atoms with E-state index in [1.165, 1.54) is 6.92 Å². The standard InChI is InChI=1S/C11H11F5N2O2/c1-2-20-7(19)4-5-3-6(17)8(10(12)13)9(18-5)11(14,15)16/h3,10H,2,4H2,1H3,(H2,17,18). The van der Waals surface area contributed by atoms with Crippen LogP contribution in [0.15, 0.2) is 6.07 Å². The normalized spacial score (nSPS) is 11.8. The Kier molecular flexibility index (Phi) is 4.85. The van der Waals surface area contributed by atoms with E-state index >= 15 is 0 Å². The van der Waals surface area contributed by atoms with Gasteiger partial charge in [0.2, 0.25) is 0 Å². The van der Waals surface area contributed by atoms with Crippen molar-refractivity contribution >= 4 is 11.7 Å². The number of rotatable bonds is 4. The minimum absolute atomic E-state index is 0.0373. The van der Waals surface area contributed by atoms with Crippen molar-refractivity contribution in [1.29, 1.82) is 0 Å². The molecule has 1 aromatic heterocycles. The molecule has 0 aromatic carbocycles. The molecule has 0 atom stereocenters. The number of carbonyl (C=O) groups excluding carboxylic acids is 1. The number of nitrogens with zero attached hydrogens (tertiary/aromatic N) is 1. The predicted octanol–water partition coefficient (Wildman–Crippen LogP) is 2.73. The molecule has 4 nitrogen and oxygen atoms in total. The molecule has 1 aromatic rings. The molecule has 0 fully saturated rings. The van der Waals surface area contributed by atoms with Gasteiger partial charge in [0.05, 0.1) is 24.3 Å². The number of nitrogen functional groups attached to an aromatic ring is 1. The summed E-state index contributed by atoms with van der Waals surface area (Å²) < 4.78 is 67.8. The Hall–Kier alpha value is -1.93. The summed E-state index contributed by atoms with van der Waals surface area (Å²) in [4.78, 5) is 14.2. The average Bonchev–Trinajstić information content (AvgIpc) is 2.26. The predicted molar refractivity (Wildman–Crippen MR) is 58.9 cm³/mol. The van der Waals surface area contributed by atoms with Crippen molar-refractivity contribution in [2.75, 3.05) is 12.3 Å². The number of alkyl halides is 5. The van der Waals surface area contributed by atoms with Gasteiger partial charge in [-0.1, -0.05) is 0 Å². The lowest BCUT2D eigenvalue weighted by Crippen LogP contribution is -2.18. The molecule has 9 heteroatoms. The lowest BCUT2D eigenvalue weighted by atomic mass is 10.1. The lowest BCUT2D eigenvalue weighted by Gasteiger charge is -2.15. The van der Waals surface area contributed by atoms with Gasteiger partial charge in [0.25, 0.3) is 6.43 Å². The minimum atomic E-state index is -5.09. The summed E-state index contributed by atoms with van der Waals surface area (Å²) >= 11 is 0. The van der Waals surface area contributed by atoms with Crippen molar-refractivity contribution in [1.82, 2.24) is 4.98 Å². The fourth-order valence-electron chi connectivity index (χ4n) is 1.53. The molecule has 0 saturated carbocycles. The molecule has 0 aliphatic rings. The van der Waals surface area contributed by atoms with Crippen molar-refractivity contribution in [2.45, 2.75) is 25.9 Å². The maximum absolute atomic E-state index is 12.7. The smallest absolute Gasteiger partial charge is 0.433 e. The van der Waals surface area contributed by atoms with E-state index in [0.717, 1.165) is 6.07 Å². The maximum atomic E-state index is 12.7. The SMILES string of the molecule is CCOC(=O)Cc1cc(N)c(C(F)F)c(C(F)(F)F)n1. The molecule has 2 N–H and O–H groups in total. The first-order valence-electron chi connectivity index (χ1n) is 5.47. The largest absolute Gasteiger partial charge is 0.466 e. The Labute approximate surface area is 110 Å². The van der Waals surface area contributed by atoms with Crippen LogP contribution in [0.25, 0.3) is 0 Å². The summed E-state index contributed by atoms with van der Waals surface area (Å²) in [6.07, 6.45) is -9.09. The fourth-order valence-corrected chi connectivity index (χ4v) is 1.53. The highest BCUT2D eigenvalue weighted by atomic mass is 19.4. The molecule has 0 unspecified atom stereocenters. The van der Waals surface area contributed by atoms with Gasteiger partial charge in [-0.05, 0) is 13.0 Å². The van der Waals surface area contributed by atoms with Crippen molar-refractivity contribution in [3.05, 3.63) is 23.0 Å². The highest BCUT2D eigenvalue weighted by Crippen LogP contribution is 2.38. The average molecular weight is 298 g/mol. The number of halogens is 5. The van der Waals surface area contributed by atoms with Gasteiger partial charge < -0.3 is 10.5 Å². The van der Waals surface area contributed by atoms with Gasteiger partial charge in [0, 0.05) is 5.69 Å². The second kappa shape index (κ2) is 6.02. The quantitative estimate of drug-likeness (QED) is 0.685. The summed E-state index contributed by atoms with van der Waals surface area (Å²) in [5.41, 5.74) is 0.888. The number of nitrogens with two attached hydrogens (primary N) is 1. The van der Waals surface area contributed by atoms with E-state index < -0.39 is 41.9 Å². The molecular formula is C11H11F5N2O2. The van der Waals surface area contributed by atoms with E-state index in [0.29, 0.717) is 0 Å². The van der Waals surface area contributed by atoms with Crippen LogP contribution in [0.4, 0.5) is 27.6 Å². The molecule has 0 aliphatic heterocycles. The zero-order chi connectivity index (χ0) is 15.5. The van der Waals surface area contributed by atoms with Gasteiger partial charge >= 0.3 is 12.1 Å². The molecule has 0 saturated heterocycles. The van der Waals surface area contributed by atoms with Gasteiger partial charge in [-0.2, -0.15) is 13.2 Å². The van der Waals surface area contributed by atoms with E-state index in [1.807, 2.05) is 0 Å². The third kappa shape index (κ3) is 3.78. The van der Waals surface area contributed by atoms with Crippen molar-refractivity contribution in [3.8, 4) is 0 Å². The molecule has 0 spiro atoms. The van der Waals surface area contributed by atoms with Crippen molar-refractivity contribution in [3.63, 3.8) is 0 Å². The van der Waals surface area contributed by atoms with Crippen LogP contribution in [0.5, 0.6) is 0 Å². The van der Waals surface area contributed by atoms with E-state index in [2.05, 4.69) is 9.72 Å². The molecule has 112 valence electrons. The number of pyridine rings is 1. The molecule has 20 heavy (non-hydrogen) atoms. The summed E-state index contributed by atoms with van der Waals surface area (Å²) in [6.45, 7) is 1.55. The second-order valence-corrected chi connectivity index (χ2v) is 3.75. The Balaban J connectivity index is 3.25. The Morgan fingerprint density at radius 1 is 1.45 bits per heavy atom. The van der Waals surface area contributed by atoms with Crippen LogP contribution in [0, 0.1) is 0 Å². The highest BCUT2D eigenvalue weighted by molar-refractivity contribution is 5.72. The van der Waals surface area contributed by atoms with Crippen molar-refractivity contribution < 1.29 is 31.5 Å². The molecular weight excluding hydrogens is 287 g/mol. The number of carbonyl (C=O) groups is 1. The van der Waals surface area contributed by atoms with Crippen LogP contribution < -0.4 is 5.73 Å². The van der Waals surface area contributed by atoms with Crippen LogP contribution in [-0.2, 0) is 22.1 Å². The number of aromatic nitrogens is 1. The first kappa shape index (κ1) is 16.1. The summed E-state index contributed by atoms with van der Waals surface area (Å²) in [5, 5.41) is 0. The monoisotopic (exact) mass is 298 g/mol. The molecule has 0 aliphatic carbocycles. The third-order valence-corrected chi connectivity index (χ3v) is 2.26. The summed E-state index contributed by atoms with van der Waals surface area (Å²) in [6, 6.07) is 0.813. The number of hydrogen-bond acceptors (Lipinski definition) is 4. The zero-order valence-corrected chi connectivity index (χ0v) is 10.3. The first-order valence-corrected chi connectivity index (χ1v) is 5.47. The van der Waals surface area contributed by atoms with Gasteiger partial charge in [0.1, 0.15) is 0 Å². The van der Waals surface area contributed by atoms with E-state index in [9.17, 15) is 26.7 Å². The molecule has 0 amide bonds. The molecule has 1 heterocycles. The number of esters is 1. The maximum Gasteiger partial charge on any atom is 0.433 e. The van der Waals surface area contributed by atoms with Crippen LogP contribution >= 0.6 is 0 Å². The molecule has 0 radical (unpaired) electrons. The Morgan fingerprint density at radius 2 is 2.05 bits per heavy atom. The van der Waals surface area contributed by atoms with Gasteiger partial charge in [-0.3, -0.25) is 4.79 Å². The Morgan fingerprint density at radius 3 is 2.50 bits per heavy atom. The highest BCUT2D eigenvalue weighted by Gasteiger charge is 2.39. The van der Waals surface area contributed by atoms with Gasteiger partial charge in [0.15, 0.2) is 5.69 Å². The van der Waals surface area contributed by atoms with E-state index in [1.54, 1.807) is 0 Å². The topological polar surface area (TPSA) is 65.2 Å². The number of anilines is 1. The molecule has 0 bridgehead atoms. The lowest BCUT2D eigenvalue weighted by molar-refractivity contribution is -0.145. The van der Waals surface area contributed by atoms with Gasteiger partial charge in [-0.15, -0.1) is 0 Å². The van der Waals surface area contributed by atoms with Crippen LogP contribution in [-0.4, -0.2) is 17.6 Å². The van der Waals surface area contributed by atoms with Crippen LogP contribution in [0.3, 0.4) is 0 Å². The van der Waals surface area contributed by atoms with Crippen LogP contribution in [0.1, 0.15) is 30.3 Å². The summed E-state index contributed by atoms with van der Waals surface area (Å²) in [7, 11) is 0. The number of ether oxygens (including phenoxy) is 1. The zero-order valence-electron chi connectivity index (χ0n) is 10.3. The second-order valence-electron chi connectivity index (χ2n) is 3.75. The van der Waals surface area contributed by atoms with Crippen LogP contribution in [0.2, 0.25) is 0 Å². The van der Waals surface area contributed by atoms with Gasteiger partial charge in [-0.25, -0.2) is 13.8 Å². The van der Waals surface area contributed by atoms with E-state index in [4.69, 9.17) is 5.73 Å². The van der Waals surface area contributed by atoms with Crippen molar-refractivity contribution in [2.24, 2.45) is 0 Å². The first-order chi connectivity index (χ1) is 9.16. The minimum Gasteiger partial charge on any atom is -0.466 e. The third-order valence-electron chi connectivity index (χ3n) is 2.26.